The number of thioether (sulfide) groups is 1. The number of hydrogen-bond donors (Lipinski definition) is 1. The third-order valence-electron chi connectivity index (χ3n) is 5.40. The van der Waals surface area contributed by atoms with E-state index in [9.17, 15) is 18.4 Å². The van der Waals surface area contributed by atoms with E-state index in [4.69, 9.17) is 0 Å². The van der Waals surface area contributed by atoms with Crippen molar-refractivity contribution >= 4 is 23.6 Å². The summed E-state index contributed by atoms with van der Waals surface area (Å²) in [6.45, 7) is 1.55. The van der Waals surface area contributed by atoms with Crippen molar-refractivity contribution in [2.45, 2.75) is 37.1 Å². The van der Waals surface area contributed by atoms with E-state index in [1.807, 2.05) is 35.4 Å². The molecule has 3 rings (SSSR count). The lowest BCUT2D eigenvalue weighted by molar-refractivity contribution is -0.121. The van der Waals surface area contributed by atoms with Crippen LogP contribution in [-0.2, 0) is 11.3 Å². The predicted octanol–water partition coefficient (Wildman–Crippen LogP) is 4.64. The SMILES string of the molecule is CSc1ccccc1C(=O)N1CCC[C@@H](CCC(=O)NCc2ccc(F)c(F)c2)C1. The maximum Gasteiger partial charge on any atom is 0.254 e. The standard InChI is InChI=1S/C23H26F2N2O2S/c1-30-21-7-3-2-6-18(21)23(29)27-12-4-5-16(15-27)9-11-22(28)26-14-17-8-10-19(24)20(25)13-17/h2-3,6-8,10,13,16H,4-5,9,11-12,14-15H2,1H3,(H,26,28)/t16-/m0/s1. The van der Waals surface area contributed by atoms with Crippen molar-refractivity contribution in [1.29, 1.82) is 0 Å². The first-order valence-electron chi connectivity index (χ1n) is 10.1. The number of rotatable bonds is 7. The van der Waals surface area contributed by atoms with E-state index in [2.05, 4.69) is 5.32 Å². The zero-order chi connectivity index (χ0) is 21.5. The van der Waals surface area contributed by atoms with E-state index < -0.39 is 11.6 Å². The topological polar surface area (TPSA) is 49.4 Å². The molecule has 30 heavy (non-hydrogen) atoms. The van der Waals surface area contributed by atoms with Crippen LogP contribution in [0.4, 0.5) is 8.78 Å². The number of benzene rings is 2. The van der Waals surface area contributed by atoms with E-state index in [0.29, 0.717) is 24.9 Å². The number of amides is 2. The molecule has 160 valence electrons. The molecule has 4 nitrogen and oxygen atoms in total. The number of likely N-dealkylation sites (tertiary alicyclic amines) is 1. The molecule has 1 aliphatic heterocycles. The highest BCUT2D eigenvalue weighted by Crippen LogP contribution is 2.26. The molecule has 0 spiro atoms. The van der Waals surface area contributed by atoms with Crippen molar-refractivity contribution in [2.75, 3.05) is 19.3 Å². The quantitative estimate of drug-likeness (QED) is 0.649. The van der Waals surface area contributed by atoms with Gasteiger partial charge in [0.1, 0.15) is 0 Å². The minimum Gasteiger partial charge on any atom is -0.352 e. The van der Waals surface area contributed by atoms with Crippen LogP contribution in [-0.4, -0.2) is 36.1 Å². The summed E-state index contributed by atoms with van der Waals surface area (Å²) in [5.41, 5.74) is 1.25. The van der Waals surface area contributed by atoms with Crippen LogP contribution >= 0.6 is 11.8 Å². The van der Waals surface area contributed by atoms with Crippen LogP contribution < -0.4 is 5.32 Å². The summed E-state index contributed by atoms with van der Waals surface area (Å²) in [5.74, 6) is -1.63. The van der Waals surface area contributed by atoms with E-state index in [1.54, 1.807) is 11.8 Å². The molecule has 1 atom stereocenters. The van der Waals surface area contributed by atoms with Gasteiger partial charge in [-0.2, -0.15) is 0 Å². The second-order valence-electron chi connectivity index (χ2n) is 7.52. The lowest BCUT2D eigenvalue weighted by Crippen LogP contribution is -2.40. The Labute approximate surface area is 180 Å². The minimum absolute atomic E-state index is 0.0486. The first kappa shape index (κ1) is 22.3. The molecule has 0 bridgehead atoms. The van der Waals surface area contributed by atoms with Gasteiger partial charge in [-0.3, -0.25) is 9.59 Å². The Balaban J connectivity index is 1.48. The third kappa shape index (κ3) is 5.81. The van der Waals surface area contributed by atoms with Crippen LogP contribution in [0.3, 0.4) is 0 Å². The fourth-order valence-corrected chi connectivity index (χ4v) is 4.34. The molecule has 1 saturated heterocycles. The van der Waals surface area contributed by atoms with Gasteiger partial charge in [0.25, 0.3) is 5.91 Å². The molecule has 0 aromatic heterocycles. The summed E-state index contributed by atoms with van der Waals surface area (Å²) < 4.78 is 26.2. The van der Waals surface area contributed by atoms with Crippen molar-refractivity contribution in [3.05, 3.63) is 65.2 Å². The van der Waals surface area contributed by atoms with E-state index in [0.717, 1.165) is 42.0 Å². The Kier molecular flexibility index (Phi) is 7.85. The number of piperidine rings is 1. The summed E-state index contributed by atoms with van der Waals surface area (Å²) >= 11 is 1.56. The van der Waals surface area contributed by atoms with Crippen LogP contribution in [0, 0.1) is 17.6 Å². The average molecular weight is 433 g/mol. The highest BCUT2D eigenvalue weighted by atomic mass is 32.2. The predicted molar refractivity (Wildman–Crippen MR) is 114 cm³/mol. The van der Waals surface area contributed by atoms with Gasteiger partial charge in [-0.1, -0.05) is 18.2 Å². The second-order valence-corrected chi connectivity index (χ2v) is 8.37. The smallest absolute Gasteiger partial charge is 0.254 e. The third-order valence-corrected chi connectivity index (χ3v) is 6.19. The van der Waals surface area contributed by atoms with E-state index in [-0.39, 0.29) is 24.3 Å². The maximum absolute atomic E-state index is 13.2. The maximum atomic E-state index is 13.2. The van der Waals surface area contributed by atoms with Gasteiger partial charge in [-0.25, -0.2) is 8.78 Å². The van der Waals surface area contributed by atoms with Gasteiger partial charge in [0.05, 0.1) is 5.56 Å². The van der Waals surface area contributed by atoms with Gasteiger partial charge >= 0.3 is 0 Å². The van der Waals surface area contributed by atoms with Crippen molar-refractivity contribution < 1.29 is 18.4 Å². The van der Waals surface area contributed by atoms with Crippen molar-refractivity contribution in [3.63, 3.8) is 0 Å². The van der Waals surface area contributed by atoms with Crippen LogP contribution in [0.15, 0.2) is 47.4 Å². The number of nitrogens with zero attached hydrogens (tertiary/aromatic N) is 1. The molecule has 0 unspecified atom stereocenters. The van der Waals surface area contributed by atoms with Crippen LogP contribution in [0.2, 0.25) is 0 Å². The van der Waals surface area contributed by atoms with Gasteiger partial charge in [0.15, 0.2) is 11.6 Å². The van der Waals surface area contributed by atoms with Crippen LogP contribution in [0.25, 0.3) is 0 Å². The van der Waals surface area contributed by atoms with Crippen molar-refractivity contribution in [2.24, 2.45) is 5.92 Å². The van der Waals surface area contributed by atoms with Crippen molar-refractivity contribution in [3.8, 4) is 0 Å². The molecular formula is C23H26F2N2O2S. The van der Waals surface area contributed by atoms with Gasteiger partial charge in [-0.15, -0.1) is 11.8 Å². The zero-order valence-corrected chi connectivity index (χ0v) is 17.8. The average Bonchev–Trinajstić information content (AvgIpc) is 2.78. The van der Waals surface area contributed by atoms with Crippen molar-refractivity contribution in [1.82, 2.24) is 10.2 Å². The Bertz CT molecular complexity index is 907. The molecule has 0 saturated carbocycles. The van der Waals surface area contributed by atoms with Gasteiger partial charge < -0.3 is 10.2 Å². The molecule has 1 fully saturated rings. The molecule has 1 aliphatic rings. The Morgan fingerprint density at radius 1 is 1.17 bits per heavy atom. The molecule has 0 radical (unpaired) electrons. The molecule has 2 aromatic rings. The van der Waals surface area contributed by atoms with Gasteiger partial charge in [-0.05, 0) is 61.3 Å². The Hall–Kier alpha value is -2.41. The first-order chi connectivity index (χ1) is 14.5. The summed E-state index contributed by atoms with van der Waals surface area (Å²) in [6, 6.07) is 11.2. The largest absolute Gasteiger partial charge is 0.352 e. The lowest BCUT2D eigenvalue weighted by Gasteiger charge is -2.33. The summed E-state index contributed by atoms with van der Waals surface area (Å²) in [7, 11) is 0. The molecule has 0 aliphatic carbocycles. The number of nitrogens with one attached hydrogen (secondary N) is 1. The van der Waals surface area contributed by atoms with Gasteiger partial charge in [0, 0.05) is 31.0 Å². The first-order valence-corrected chi connectivity index (χ1v) is 11.3. The van der Waals surface area contributed by atoms with E-state index in [1.165, 1.54) is 6.07 Å². The van der Waals surface area contributed by atoms with Gasteiger partial charge in [0.2, 0.25) is 5.91 Å². The normalized spacial score (nSPS) is 16.4. The molecule has 2 aromatic carbocycles. The molecule has 2 amide bonds. The Morgan fingerprint density at radius 2 is 1.97 bits per heavy atom. The molecule has 1 N–H and O–H groups in total. The summed E-state index contributed by atoms with van der Waals surface area (Å²) in [4.78, 5) is 28.0. The molecular weight excluding hydrogens is 406 g/mol. The van der Waals surface area contributed by atoms with Crippen LogP contribution in [0.5, 0.6) is 0 Å². The fourth-order valence-electron chi connectivity index (χ4n) is 3.75. The number of halogens is 2. The fraction of sp³-hybridized carbons (Fsp3) is 0.391. The number of carbonyl (C=O) groups is 2. The van der Waals surface area contributed by atoms with E-state index >= 15 is 0 Å². The highest BCUT2D eigenvalue weighted by molar-refractivity contribution is 7.98. The summed E-state index contributed by atoms with van der Waals surface area (Å²) in [5, 5.41) is 2.75. The van der Waals surface area contributed by atoms with Crippen LogP contribution in [0.1, 0.15) is 41.6 Å². The zero-order valence-electron chi connectivity index (χ0n) is 17.0. The summed E-state index contributed by atoms with van der Waals surface area (Å²) in [6.07, 6.45) is 4.91. The number of hydrogen-bond acceptors (Lipinski definition) is 3. The second kappa shape index (κ2) is 10.6. The molecule has 1 heterocycles. The minimum atomic E-state index is -0.920. The highest BCUT2D eigenvalue weighted by Gasteiger charge is 2.26. The Morgan fingerprint density at radius 3 is 2.73 bits per heavy atom. The molecule has 7 heteroatoms. The lowest BCUT2D eigenvalue weighted by atomic mass is 9.92. The monoisotopic (exact) mass is 432 g/mol. The number of carbonyl (C=O) groups excluding carboxylic acids is 2.